The smallest absolute Gasteiger partial charge is 0.337 e. The zero-order chi connectivity index (χ0) is 13.1. The second-order valence-electron chi connectivity index (χ2n) is 3.66. The van der Waals surface area contributed by atoms with Crippen molar-refractivity contribution < 1.29 is 14.4 Å². The molecule has 0 saturated carbocycles. The number of hydrogen-bond acceptors (Lipinski definition) is 6. The molecule has 0 aliphatic heterocycles. The Hall–Kier alpha value is -2.57. The third-order valence-electron chi connectivity index (χ3n) is 2.34. The molecular weight excluding hydrogens is 236 g/mol. The lowest BCUT2D eigenvalue weighted by molar-refractivity contribution is 0.0698. The highest BCUT2D eigenvalue weighted by Gasteiger charge is 2.11. The lowest BCUT2D eigenvalue weighted by Gasteiger charge is -2.09. The average molecular weight is 248 g/mol. The van der Waals surface area contributed by atoms with E-state index in [1.165, 1.54) is 6.07 Å². The van der Waals surface area contributed by atoms with Crippen LogP contribution in [0.3, 0.4) is 0 Å². The fourth-order valence-electron chi connectivity index (χ4n) is 1.49. The number of nitrogens with zero attached hydrogens (tertiary/aromatic N) is 2. The predicted octanol–water partition coefficient (Wildman–Crippen LogP) is 1.27. The number of benzene rings is 1. The Balaban J connectivity index is 2.14. The minimum Gasteiger partial charge on any atom is -0.478 e. The largest absolute Gasteiger partial charge is 0.478 e. The molecule has 7 heteroatoms. The van der Waals surface area contributed by atoms with Gasteiger partial charge in [-0.1, -0.05) is 11.2 Å². The highest BCUT2D eigenvalue weighted by molar-refractivity contribution is 5.97. The molecule has 0 spiro atoms. The third kappa shape index (κ3) is 2.40. The van der Waals surface area contributed by atoms with Crippen molar-refractivity contribution in [3.63, 3.8) is 0 Å². The van der Waals surface area contributed by atoms with E-state index in [1.807, 2.05) is 0 Å². The maximum Gasteiger partial charge on any atom is 0.337 e. The second kappa shape index (κ2) is 4.74. The number of anilines is 2. The lowest BCUT2D eigenvalue weighted by Crippen LogP contribution is -2.08. The van der Waals surface area contributed by atoms with Gasteiger partial charge < -0.3 is 20.7 Å². The van der Waals surface area contributed by atoms with E-state index in [9.17, 15) is 4.79 Å². The summed E-state index contributed by atoms with van der Waals surface area (Å²) in [6.45, 7) is 2.00. The maximum absolute atomic E-state index is 10.9. The van der Waals surface area contributed by atoms with Crippen LogP contribution in [0.1, 0.15) is 22.1 Å². The van der Waals surface area contributed by atoms with Crippen molar-refractivity contribution in [1.82, 2.24) is 10.1 Å². The van der Waals surface area contributed by atoms with Crippen LogP contribution >= 0.6 is 0 Å². The molecule has 4 N–H and O–H groups in total. The maximum atomic E-state index is 10.9. The number of rotatable bonds is 4. The van der Waals surface area contributed by atoms with Gasteiger partial charge in [0.05, 0.1) is 23.5 Å². The summed E-state index contributed by atoms with van der Waals surface area (Å²) in [6, 6.07) is 4.75. The molecule has 0 radical (unpaired) electrons. The van der Waals surface area contributed by atoms with Crippen molar-refractivity contribution in [3.05, 3.63) is 35.5 Å². The van der Waals surface area contributed by atoms with E-state index in [1.54, 1.807) is 19.1 Å². The van der Waals surface area contributed by atoms with E-state index in [2.05, 4.69) is 15.5 Å². The van der Waals surface area contributed by atoms with E-state index >= 15 is 0 Å². The Bertz CT molecular complexity index is 579. The zero-order valence-electron chi connectivity index (χ0n) is 9.67. The predicted molar refractivity (Wildman–Crippen MR) is 64.2 cm³/mol. The molecule has 2 aromatic rings. The first-order chi connectivity index (χ1) is 8.58. The first-order valence-corrected chi connectivity index (χ1v) is 5.23. The second-order valence-corrected chi connectivity index (χ2v) is 3.66. The van der Waals surface area contributed by atoms with Gasteiger partial charge in [-0.3, -0.25) is 0 Å². The topological polar surface area (TPSA) is 114 Å². The molecular formula is C11H12N4O3. The molecule has 0 amide bonds. The van der Waals surface area contributed by atoms with E-state index in [4.69, 9.17) is 15.4 Å². The van der Waals surface area contributed by atoms with Gasteiger partial charge in [-0.2, -0.15) is 4.98 Å². The van der Waals surface area contributed by atoms with E-state index in [0.29, 0.717) is 23.9 Å². The number of aromatic nitrogens is 2. The van der Waals surface area contributed by atoms with Gasteiger partial charge in [0.2, 0.25) is 5.89 Å². The van der Waals surface area contributed by atoms with Gasteiger partial charge >= 0.3 is 5.97 Å². The Morgan fingerprint density at radius 3 is 2.94 bits per heavy atom. The molecule has 18 heavy (non-hydrogen) atoms. The number of nitrogen functional groups attached to an aromatic ring is 1. The van der Waals surface area contributed by atoms with Gasteiger partial charge in [-0.15, -0.1) is 0 Å². The fraction of sp³-hybridized carbons (Fsp3) is 0.182. The number of nitrogens with one attached hydrogen (secondary N) is 1. The molecule has 0 atom stereocenters. The fourth-order valence-corrected chi connectivity index (χ4v) is 1.49. The van der Waals surface area contributed by atoms with E-state index < -0.39 is 5.97 Å². The van der Waals surface area contributed by atoms with Crippen LogP contribution in [0.15, 0.2) is 22.7 Å². The highest BCUT2D eigenvalue weighted by atomic mass is 16.5. The molecule has 0 fully saturated rings. The molecule has 0 saturated heterocycles. The monoisotopic (exact) mass is 248 g/mol. The molecule has 1 aromatic carbocycles. The summed E-state index contributed by atoms with van der Waals surface area (Å²) in [6.07, 6.45) is 0. The first kappa shape index (κ1) is 11.9. The summed E-state index contributed by atoms with van der Waals surface area (Å²) in [7, 11) is 0. The van der Waals surface area contributed by atoms with Crippen molar-refractivity contribution in [2.45, 2.75) is 13.5 Å². The van der Waals surface area contributed by atoms with Crippen molar-refractivity contribution >= 4 is 17.3 Å². The van der Waals surface area contributed by atoms with Crippen molar-refractivity contribution in [2.24, 2.45) is 0 Å². The number of carbonyl (C=O) groups is 1. The van der Waals surface area contributed by atoms with Crippen LogP contribution in [0.2, 0.25) is 0 Å². The van der Waals surface area contributed by atoms with Crippen LogP contribution in [-0.2, 0) is 6.54 Å². The molecule has 0 aliphatic carbocycles. The summed E-state index contributed by atoms with van der Waals surface area (Å²) in [4.78, 5) is 14.9. The van der Waals surface area contributed by atoms with Gasteiger partial charge in [0.25, 0.3) is 0 Å². The van der Waals surface area contributed by atoms with Gasteiger partial charge in [0.15, 0.2) is 5.82 Å². The first-order valence-electron chi connectivity index (χ1n) is 5.23. The number of aryl methyl sites for hydroxylation is 1. The molecule has 1 heterocycles. The van der Waals surface area contributed by atoms with Crippen LogP contribution in [-0.4, -0.2) is 21.2 Å². The van der Waals surface area contributed by atoms with Crippen molar-refractivity contribution in [1.29, 1.82) is 0 Å². The van der Waals surface area contributed by atoms with E-state index in [0.717, 1.165) is 0 Å². The Kier molecular flexibility index (Phi) is 3.13. The molecule has 94 valence electrons. The zero-order valence-corrected chi connectivity index (χ0v) is 9.67. The molecule has 7 nitrogen and oxygen atoms in total. The average Bonchev–Trinajstić information content (AvgIpc) is 2.73. The van der Waals surface area contributed by atoms with Gasteiger partial charge in [0, 0.05) is 6.92 Å². The molecule has 1 aromatic heterocycles. The van der Waals surface area contributed by atoms with Crippen LogP contribution in [0, 0.1) is 6.92 Å². The van der Waals surface area contributed by atoms with Crippen LogP contribution < -0.4 is 11.1 Å². The minimum absolute atomic E-state index is 0.0595. The molecule has 2 rings (SSSR count). The van der Waals surface area contributed by atoms with Gasteiger partial charge in [-0.05, 0) is 12.1 Å². The third-order valence-corrected chi connectivity index (χ3v) is 2.34. The van der Waals surface area contributed by atoms with Crippen LogP contribution in [0.4, 0.5) is 11.4 Å². The van der Waals surface area contributed by atoms with Crippen molar-refractivity contribution in [3.8, 4) is 0 Å². The molecule has 0 aliphatic rings. The number of carboxylic acid groups (broad SMARTS) is 1. The summed E-state index contributed by atoms with van der Waals surface area (Å²) in [5.41, 5.74) is 6.52. The minimum atomic E-state index is -1.06. The number of hydrogen-bond donors (Lipinski definition) is 3. The Labute approximate surface area is 103 Å². The number of nitrogens with two attached hydrogens (primary N) is 1. The number of carboxylic acids is 1. The summed E-state index contributed by atoms with van der Waals surface area (Å²) >= 11 is 0. The van der Waals surface area contributed by atoms with E-state index in [-0.39, 0.29) is 11.3 Å². The van der Waals surface area contributed by atoms with Crippen LogP contribution in [0.5, 0.6) is 0 Å². The van der Waals surface area contributed by atoms with Crippen molar-refractivity contribution in [2.75, 3.05) is 11.1 Å². The number of aromatic carboxylic acids is 1. The number of para-hydroxylation sites is 1. The summed E-state index contributed by atoms with van der Waals surface area (Å²) in [5, 5.41) is 15.6. The molecule has 0 bridgehead atoms. The lowest BCUT2D eigenvalue weighted by atomic mass is 10.1. The Morgan fingerprint density at radius 2 is 2.33 bits per heavy atom. The standard InChI is InChI=1S/C11H12N4O3/c1-6-14-9(15-18-6)5-13-8-4-2-3-7(10(8)12)11(16)17/h2-4,13H,5,12H2,1H3,(H,16,17). The van der Waals surface area contributed by atoms with Gasteiger partial charge in [-0.25, -0.2) is 4.79 Å². The summed E-state index contributed by atoms with van der Waals surface area (Å²) < 4.78 is 4.82. The SMILES string of the molecule is Cc1nc(CNc2cccc(C(=O)O)c2N)no1. The highest BCUT2D eigenvalue weighted by Crippen LogP contribution is 2.23. The van der Waals surface area contributed by atoms with Crippen LogP contribution in [0.25, 0.3) is 0 Å². The van der Waals surface area contributed by atoms with Gasteiger partial charge in [0.1, 0.15) is 0 Å². The quantitative estimate of drug-likeness (QED) is 0.698. The molecule has 0 unspecified atom stereocenters. The normalized spacial score (nSPS) is 10.3. The summed E-state index contributed by atoms with van der Waals surface area (Å²) in [5.74, 6) is -0.113. The Morgan fingerprint density at radius 1 is 1.56 bits per heavy atom.